The van der Waals surface area contributed by atoms with Crippen LogP contribution in [0.2, 0.25) is 5.02 Å². The fraction of sp³-hybridized carbons (Fsp3) is 0.480. The lowest BCUT2D eigenvalue weighted by Crippen LogP contribution is -2.40. The van der Waals surface area contributed by atoms with Gasteiger partial charge in [-0.3, -0.25) is 9.69 Å². The highest BCUT2D eigenvalue weighted by atomic mass is 35.5. The molecule has 8 heteroatoms. The Morgan fingerprint density at radius 1 is 0.909 bits per heavy atom. The maximum absolute atomic E-state index is 12.8. The average Bonchev–Trinajstić information content (AvgIpc) is 3.39. The van der Waals surface area contributed by atoms with E-state index >= 15 is 0 Å². The van der Waals surface area contributed by atoms with Crippen molar-refractivity contribution in [3.63, 3.8) is 0 Å². The summed E-state index contributed by atoms with van der Waals surface area (Å²) in [6.45, 7) is 3.99. The van der Waals surface area contributed by atoms with Gasteiger partial charge in [-0.2, -0.15) is 4.31 Å². The van der Waals surface area contributed by atoms with Gasteiger partial charge in [0, 0.05) is 36.3 Å². The lowest BCUT2D eigenvalue weighted by atomic mass is 10.0. The normalized spacial score (nSPS) is 18.9. The molecule has 2 fully saturated rings. The zero-order valence-corrected chi connectivity index (χ0v) is 20.5. The van der Waals surface area contributed by atoms with Gasteiger partial charge in [0.15, 0.2) is 5.78 Å². The highest BCUT2D eigenvalue weighted by Gasteiger charge is 2.27. The van der Waals surface area contributed by atoms with Gasteiger partial charge in [-0.15, -0.1) is 0 Å². The number of likely N-dealkylation sites (tertiary alicyclic amines) is 1. The summed E-state index contributed by atoms with van der Waals surface area (Å²) in [6.07, 6.45) is 5.39. The molecule has 2 aromatic rings. The molecule has 6 nitrogen and oxygen atoms in total. The molecule has 2 aliphatic rings. The van der Waals surface area contributed by atoms with E-state index < -0.39 is 10.0 Å². The van der Waals surface area contributed by atoms with E-state index in [1.54, 1.807) is 24.3 Å². The molecule has 2 heterocycles. The Bertz CT molecular complexity index is 1050. The molecule has 0 aliphatic carbocycles. The minimum Gasteiger partial charge on any atom is -0.308 e. The fourth-order valence-corrected chi connectivity index (χ4v) is 6.50. The summed E-state index contributed by atoms with van der Waals surface area (Å²) in [5, 5.41) is 4.07. The van der Waals surface area contributed by atoms with E-state index in [1.807, 2.05) is 18.2 Å². The van der Waals surface area contributed by atoms with Crippen molar-refractivity contribution in [2.75, 3.05) is 39.3 Å². The van der Waals surface area contributed by atoms with E-state index in [1.165, 1.54) is 23.6 Å². The van der Waals surface area contributed by atoms with E-state index in [9.17, 15) is 13.2 Å². The average molecular weight is 490 g/mol. The van der Waals surface area contributed by atoms with Crippen molar-refractivity contribution in [2.45, 2.75) is 43.0 Å². The molecular formula is C25H32ClN3O3S. The summed E-state index contributed by atoms with van der Waals surface area (Å²) < 4.78 is 26.9. The van der Waals surface area contributed by atoms with Crippen LogP contribution in [0.4, 0.5) is 0 Å². The predicted octanol–water partition coefficient (Wildman–Crippen LogP) is 4.12. The molecule has 1 atom stereocenters. The maximum atomic E-state index is 12.8. The number of nitrogens with zero attached hydrogens (tertiary/aromatic N) is 2. The van der Waals surface area contributed by atoms with E-state index in [-0.39, 0.29) is 23.3 Å². The number of carbonyl (C=O) groups excluding carboxylic acids is 1. The third-order valence-electron chi connectivity index (χ3n) is 6.60. The van der Waals surface area contributed by atoms with Crippen LogP contribution in [-0.2, 0) is 10.0 Å². The molecule has 0 aromatic heterocycles. The molecular weight excluding hydrogens is 458 g/mol. The first-order valence-corrected chi connectivity index (χ1v) is 13.6. The molecule has 4 rings (SSSR count). The van der Waals surface area contributed by atoms with Gasteiger partial charge in [0.2, 0.25) is 10.0 Å². The van der Waals surface area contributed by atoms with Crippen LogP contribution in [0.1, 0.15) is 54.1 Å². The third-order valence-corrected chi connectivity index (χ3v) is 8.86. The molecule has 1 unspecified atom stereocenters. The molecule has 1 N–H and O–H groups in total. The molecule has 0 radical (unpaired) electrons. The number of carbonyl (C=O) groups is 1. The summed E-state index contributed by atoms with van der Waals surface area (Å²) >= 11 is 6.50. The monoisotopic (exact) mass is 489 g/mol. The maximum Gasteiger partial charge on any atom is 0.243 e. The number of Topliss-reactive ketones (excluding diaryl/α,β-unsaturated/α-hetero) is 1. The quantitative estimate of drug-likeness (QED) is 0.536. The number of halogens is 1. The van der Waals surface area contributed by atoms with Gasteiger partial charge >= 0.3 is 0 Å². The molecule has 0 amide bonds. The van der Waals surface area contributed by atoms with Crippen LogP contribution >= 0.6 is 11.6 Å². The van der Waals surface area contributed by atoms with E-state index in [4.69, 9.17) is 11.6 Å². The summed E-state index contributed by atoms with van der Waals surface area (Å²) in [4.78, 5) is 15.5. The number of sulfonamides is 1. The number of hydrogen-bond acceptors (Lipinski definition) is 5. The Morgan fingerprint density at radius 2 is 1.55 bits per heavy atom. The SMILES string of the molecule is O=C(CNCC(c1ccccc1Cl)N1CCCCC1)c1ccc(S(=O)(=O)N2CCCC2)cc1. The Balaban J connectivity index is 1.38. The second kappa shape index (κ2) is 11.1. The lowest BCUT2D eigenvalue weighted by Gasteiger charge is -2.35. The first-order chi connectivity index (χ1) is 16.0. The summed E-state index contributed by atoms with van der Waals surface area (Å²) in [7, 11) is -3.47. The number of rotatable bonds is 9. The van der Waals surface area contributed by atoms with Gasteiger partial charge in [0.1, 0.15) is 0 Å². The van der Waals surface area contributed by atoms with Crippen LogP contribution in [0, 0.1) is 0 Å². The van der Waals surface area contributed by atoms with Gasteiger partial charge in [-0.05, 0) is 62.5 Å². The van der Waals surface area contributed by atoms with E-state index in [0.717, 1.165) is 36.5 Å². The van der Waals surface area contributed by atoms with E-state index in [2.05, 4.69) is 16.3 Å². The minimum absolute atomic E-state index is 0.0586. The highest BCUT2D eigenvalue weighted by Crippen LogP contribution is 2.29. The first-order valence-electron chi connectivity index (χ1n) is 11.8. The van der Waals surface area contributed by atoms with Crippen molar-refractivity contribution in [3.05, 3.63) is 64.7 Å². The minimum atomic E-state index is -3.47. The Morgan fingerprint density at radius 3 is 2.21 bits per heavy atom. The highest BCUT2D eigenvalue weighted by molar-refractivity contribution is 7.89. The second-order valence-corrected chi connectivity index (χ2v) is 11.2. The van der Waals surface area contributed by atoms with Crippen LogP contribution in [0.25, 0.3) is 0 Å². The predicted molar refractivity (Wildman–Crippen MR) is 131 cm³/mol. The van der Waals surface area contributed by atoms with Crippen molar-refractivity contribution in [3.8, 4) is 0 Å². The van der Waals surface area contributed by atoms with Crippen LogP contribution in [0.5, 0.6) is 0 Å². The number of benzene rings is 2. The molecule has 33 heavy (non-hydrogen) atoms. The van der Waals surface area contributed by atoms with Crippen LogP contribution in [-0.4, -0.2) is 62.7 Å². The summed E-state index contributed by atoms with van der Waals surface area (Å²) in [6, 6.07) is 14.3. The lowest BCUT2D eigenvalue weighted by molar-refractivity contribution is 0.0983. The molecule has 0 spiro atoms. The summed E-state index contributed by atoms with van der Waals surface area (Å²) in [5.74, 6) is -0.0586. The Kier molecular flexibility index (Phi) is 8.20. The fourth-order valence-electron chi connectivity index (χ4n) is 4.73. The van der Waals surface area contributed by atoms with Crippen molar-refractivity contribution in [2.24, 2.45) is 0 Å². The molecule has 2 saturated heterocycles. The zero-order valence-electron chi connectivity index (χ0n) is 18.9. The molecule has 178 valence electrons. The standard InChI is InChI=1S/C25H32ClN3O3S/c26-23-9-3-2-8-22(23)24(28-14-4-1-5-15-28)18-27-19-25(30)20-10-12-21(13-11-20)33(31,32)29-16-6-7-17-29/h2-3,8-13,24,27H,1,4-7,14-19H2. The van der Waals surface area contributed by atoms with Crippen molar-refractivity contribution in [1.82, 2.24) is 14.5 Å². The largest absolute Gasteiger partial charge is 0.308 e. The summed E-state index contributed by atoms with van der Waals surface area (Å²) in [5.41, 5.74) is 1.59. The topological polar surface area (TPSA) is 69.7 Å². The molecule has 2 aliphatic heterocycles. The van der Waals surface area contributed by atoms with Crippen LogP contribution in [0.15, 0.2) is 53.4 Å². The molecule has 2 aromatic carbocycles. The third kappa shape index (κ3) is 5.84. The van der Waals surface area contributed by atoms with Crippen LogP contribution in [0.3, 0.4) is 0 Å². The van der Waals surface area contributed by atoms with Crippen molar-refractivity contribution >= 4 is 27.4 Å². The van der Waals surface area contributed by atoms with Gasteiger partial charge in [-0.25, -0.2) is 8.42 Å². The number of piperidine rings is 1. The number of hydrogen-bond donors (Lipinski definition) is 1. The molecule has 0 saturated carbocycles. The van der Waals surface area contributed by atoms with Crippen molar-refractivity contribution in [1.29, 1.82) is 0 Å². The van der Waals surface area contributed by atoms with Gasteiger partial charge < -0.3 is 5.32 Å². The number of nitrogens with one attached hydrogen (secondary N) is 1. The smallest absolute Gasteiger partial charge is 0.243 e. The Hall–Kier alpha value is -1.77. The van der Waals surface area contributed by atoms with E-state index in [0.29, 0.717) is 25.2 Å². The van der Waals surface area contributed by atoms with Crippen LogP contribution < -0.4 is 5.32 Å². The van der Waals surface area contributed by atoms with Gasteiger partial charge in [0.05, 0.1) is 11.4 Å². The zero-order chi connectivity index (χ0) is 23.3. The molecule has 0 bridgehead atoms. The van der Waals surface area contributed by atoms with Crippen molar-refractivity contribution < 1.29 is 13.2 Å². The first kappa shape index (κ1) is 24.4. The Labute approximate surface area is 202 Å². The van der Waals surface area contributed by atoms with Gasteiger partial charge in [0.25, 0.3) is 0 Å². The van der Waals surface area contributed by atoms with Gasteiger partial charge in [-0.1, -0.05) is 48.4 Å². The number of ketones is 1. The second-order valence-electron chi connectivity index (χ2n) is 8.82.